The smallest absolute Gasteiger partial charge is 0.159 e. The van der Waals surface area contributed by atoms with E-state index in [1.165, 1.54) is 0 Å². The van der Waals surface area contributed by atoms with Gasteiger partial charge in [0.25, 0.3) is 0 Å². The summed E-state index contributed by atoms with van der Waals surface area (Å²) >= 11 is 0. The quantitative estimate of drug-likeness (QED) is 0.432. The average molecular weight is 300 g/mol. The summed E-state index contributed by atoms with van der Waals surface area (Å²) in [6.45, 7) is 1.57. The first-order chi connectivity index (χ1) is 11.2. The molecular formula is C20H16N2O. The van der Waals surface area contributed by atoms with Crippen molar-refractivity contribution in [3.05, 3.63) is 84.4 Å². The van der Waals surface area contributed by atoms with Crippen LogP contribution in [0.15, 0.2) is 89.1 Å². The molecule has 0 bridgehead atoms. The fourth-order valence-corrected chi connectivity index (χ4v) is 2.30. The zero-order valence-corrected chi connectivity index (χ0v) is 12.8. The van der Waals surface area contributed by atoms with Crippen LogP contribution in [-0.4, -0.2) is 5.78 Å². The van der Waals surface area contributed by atoms with Gasteiger partial charge >= 0.3 is 0 Å². The van der Waals surface area contributed by atoms with E-state index in [1.807, 2.05) is 78.9 Å². The maximum atomic E-state index is 11.4. The van der Waals surface area contributed by atoms with Crippen molar-refractivity contribution in [3.63, 3.8) is 0 Å². The molecule has 0 amide bonds. The van der Waals surface area contributed by atoms with Gasteiger partial charge in [-0.1, -0.05) is 60.7 Å². The second-order valence-electron chi connectivity index (χ2n) is 5.19. The van der Waals surface area contributed by atoms with Crippen LogP contribution in [0.5, 0.6) is 0 Å². The number of rotatable bonds is 4. The zero-order chi connectivity index (χ0) is 16.1. The number of nitrogens with zero attached hydrogens (tertiary/aromatic N) is 2. The number of Topliss-reactive ketones (excluding diaryl/α,β-unsaturated/α-hetero) is 1. The number of hydrogen-bond acceptors (Lipinski definition) is 3. The van der Waals surface area contributed by atoms with Crippen molar-refractivity contribution in [3.8, 4) is 11.1 Å². The van der Waals surface area contributed by atoms with Crippen LogP contribution in [0, 0.1) is 0 Å². The highest BCUT2D eigenvalue weighted by Crippen LogP contribution is 2.31. The van der Waals surface area contributed by atoms with Crippen LogP contribution in [0.1, 0.15) is 17.3 Å². The molecule has 3 heteroatoms. The summed E-state index contributed by atoms with van der Waals surface area (Å²) in [6, 6.07) is 25.0. The molecule has 0 saturated heterocycles. The van der Waals surface area contributed by atoms with Crippen LogP contribution in [0.25, 0.3) is 11.1 Å². The predicted molar refractivity (Wildman–Crippen MR) is 92.5 cm³/mol. The van der Waals surface area contributed by atoms with E-state index in [2.05, 4.69) is 10.2 Å². The van der Waals surface area contributed by atoms with E-state index in [1.54, 1.807) is 6.92 Å². The molecule has 0 unspecified atom stereocenters. The van der Waals surface area contributed by atoms with Gasteiger partial charge in [0.05, 0.1) is 11.4 Å². The van der Waals surface area contributed by atoms with Gasteiger partial charge in [-0.3, -0.25) is 4.79 Å². The molecule has 0 saturated carbocycles. The predicted octanol–water partition coefficient (Wildman–Crippen LogP) is 5.97. The number of azo groups is 1. The first-order valence-electron chi connectivity index (χ1n) is 7.41. The Morgan fingerprint density at radius 1 is 0.739 bits per heavy atom. The second kappa shape index (κ2) is 6.79. The molecule has 3 rings (SSSR count). The first-order valence-corrected chi connectivity index (χ1v) is 7.41. The number of carbonyl (C=O) groups excluding carboxylic acids is 1. The summed E-state index contributed by atoms with van der Waals surface area (Å²) in [5, 5.41) is 8.65. The highest BCUT2D eigenvalue weighted by atomic mass is 16.1. The number of carbonyl (C=O) groups is 1. The van der Waals surface area contributed by atoms with Gasteiger partial charge in [-0.25, -0.2) is 0 Å². The lowest BCUT2D eigenvalue weighted by atomic mass is 10.0. The van der Waals surface area contributed by atoms with Gasteiger partial charge in [0.15, 0.2) is 5.78 Å². The highest BCUT2D eigenvalue weighted by Gasteiger charge is 2.05. The van der Waals surface area contributed by atoms with E-state index in [0.29, 0.717) is 5.56 Å². The normalized spacial score (nSPS) is 10.8. The van der Waals surface area contributed by atoms with Crippen LogP contribution in [-0.2, 0) is 0 Å². The molecule has 0 fully saturated rings. The fourth-order valence-electron chi connectivity index (χ4n) is 2.30. The van der Waals surface area contributed by atoms with Crippen LogP contribution < -0.4 is 0 Å². The molecule has 23 heavy (non-hydrogen) atoms. The monoisotopic (exact) mass is 300 g/mol. The Morgan fingerprint density at radius 3 is 2.09 bits per heavy atom. The third-order valence-corrected chi connectivity index (χ3v) is 3.54. The molecule has 0 aliphatic rings. The molecule has 3 nitrogen and oxygen atoms in total. The highest BCUT2D eigenvalue weighted by molar-refractivity contribution is 5.94. The number of ketones is 1. The van der Waals surface area contributed by atoms with Crippen molar-refractivity contribution < 1.29 is 4.79 Å². The van der Waals surface area contributed by atoms with Crippen LogP contribution in [0.2, 0.25) is 0 Å². The summed E-state index contributed by atoms with van der Waals surface area (Å²) in [5.74, 6) is 0.0635. The molecule has 0 aliphatic heterocycles. The third-order valence-electron chi connectivity index (χ3n) is 3.54. The van der Waals surface area contributed by atoms with Crippen molar-refractivity contribution in [2.24, 2.45) is 10.2 Å². The van der Waals surface area contributed by atoms with Crippen molar-refractivity contribution in [1.29, 1.82) is 0 Å². The zero-order valence-electron chi connectivity index (χ0n) is 12.8. The van der Waals surface area contributed by atoms with Gasteiger partial charge in [-0.15, -0.1) is 5.11 Å². The Morgan fingerprint density at radius 2 is 1.39 bits per heavy atom. The minimum absolute atomic E-state index is 0.0635. The molecule has 0 aliphatic carbocycles. The molecule has 0 radical (unpaired) electrons. The lowest BCUT2D eigenvalue weighted by molar-refractivity contribution is 0.101. The van der Waals surface area contributed by atoms with Gasteiger partial charge in [-0.05, 0) is 30.7 Å². The van der Waals surface area contributed by atoms with Gasteiger partial charge in [0.2, 0.25) is 0 Å². The van der Waals surface area contributed by atoms with Gasteiger partial charge in [0, 0.05) is 11.1 Å². The second-order valence-corrected chi connectivity index (χ2v) is 5.19. The Balaban J connectivity index is 1.94. The van der Waals surface area contributed by atoms with Crippen molar-refractivity contribution >= 4 is 17.2 Å². The maximum absolute atomic E-state index is 11.4. The number of hydrogen-bond donors (Lipinski definition) is 0. The third kappa shape index (κ3) is 3.58. The van der Waals surface area contributed by atoms with E-state index >= 15 is 0 Å². The Kier molecular flexibility index (Phi) is 4.39. The van der Waals surface area contributed by atoms with Crippen molar-refractivity contribution in [2.75, 3.05) is 0 Å². The summed E-state index contributed by atoms with van der Waals surface area (Å²) in [4.78, 5) is 11.4. The molecule has 3 aromatic rings. The Bertz CT molecular complexity index is 837. The largest absolute Gasteiger partial charge is 0.295 e. The molecule has 0 atom stereocenters. The lowest BCUT2D eigenvalue weighted by Crippen LogP contribution is -1.90. The van der Waals surface area contributed by atoms with E-state index in [-0.39, 0.29) is 5.78 Å². The minimum atomic E-state index is 0.0635. The van der Waals surface area contributed by atoms with Crippen LogP contribution in [0.3, 0.4) is 0 Å². The lowest BCUT2D eigenvalue weighted by Gasteiger charge is -2.06. The van der Waals surface area contributed by atoms with Crippen molar-refractivity contribution in [1.82, 2.24) is 0 Å². The summed E-state index contributed by atoms with van der Waals surface area (Å²) in [5.41, 5.74) is 4.32. The van der Waals surface area contributed by atoms with Gasteiger partial charge in [0.1, 0.15) is 0 Å². The Hall–Kier alpha value is -3.07. The van der Waals surface area contributed by atoms with E-state index in [9.17, 15) is 4.79 Å². The van der Waals surface area contributed by atoms with Gasteiger partial charge in [-0.2, -0.15) is 5.11 Å². The first kappa shape index (κ1) is 14.9. The summed E-state index contributed by atoms with van der Waals surface area (Å²) < 4.78 is 0. The van der Waals surface area contributed by atoms with Gasteiger partial charge < -0.3 is 0 Å². The minimum Gasteiger partial charge on any atom is -0.295 e. The molecule has 0 N–H and O–H groups in total. The maximum Gasteiger partial charge on any atom is 0.159 e. The molecule has 0 heterocycles. The summed E-state index contributed by atoms with van der Waals surface area (Å²) in [6.07, 6.45) is 0. The molecule has 0 spiro atoms. The molecule has 0 aromatic heterocycles. The topological polar surface area (TPSA) is 41.8 Å². The van der Waals surface area contributed by atoms with Crippen LogP contribution >= 0.6 is 0 Å². The fraction of sp³-hybridized carbons (Fsp3) is 0.0500. The van der Waals surface area contributed by atoms with Crippen molar-refractivity contribution in [2.45, 2.75) is 6.92 Å². The summed E-state index contributed by atoms with van der Waals surface area (Å²) in [7, 11) is 0. The molecule has 112 valence electrons. The molecular weight excluding hydrogens is 284 g/mol. The number of benzene rings is 3. The van der Waals surface area contributed by atoms with E-state index in [0.717, 1.165) is 22.5 Å². The standard InChI is InChI=1S/C20H16N2O/c1-15(23)16-11-13-17(14-12-16)19-9-5-6-10-20(19)22-21-18-7-3-2-4-8-18/h2-14H,1H3. The Labute approximate surface area is 135 Å². The van der Waals surface area contributed by atoms with Crippen LogP contribution in [0.4, 0.5) is 11.4 Å². The molecule has 3 aromatic carbocycles. The average Bonchev–Trinajstić information content (AvgIpc) is 2.61. The SMILES string of the molecule is CC(=O)c1ccc(-c2ccccc2N=Nc2ccccc2)cc1. The van der Waals surface area contributed by atoms with E-state index < -0.39 is 0 Å². The van der Waals surface area contributed by atoms with E-state index in [4.69, 9.17) is 0 Å².